The van der Waals surface area contributed by atoms with Crippen LogP contribution in [0.1, 0.15) is 28.4 Å². The van der Waals surface area contributed by atoms with E-state index in [0.29, 0.717) is 5.56 Å². The Labute approximate surface area is 120 Å². The quantitative estimate of drug-likeness (QED) is 0.880. The van der Waals surface area contributed by atoms with Crippen molar-refractivity contribution in [3.05, 3.63) is 59.2 Å². The van der Waals surface area contributed by atoms with Gasteiger partial charge in [-0.15, -0.1) is 0 Å². The summed E-state index contributed by atoms with van der Waals surface area (Å²) in [6, 6.07) is 13.4. The topological polar surface area (TPSA) is 41.1 Å². The van der Waals surface area contributed by atoms with Gasteiger partial charge in [-0.2, -0.15) is 0 Å². The summed E-state index contributed by atoms with van der Waals surface area (Å²) in [4.78, 5) is 12.2. The third-order valence-electron chi connectivity index (χ3n) is 3.38. The van der Waals surface area contributed by atoms with Crippen molar-refractivity contribution in [1.82, 2.24) is 0 Å². The molecule has 1 amide bonds. The van der Waals surface area contributed by atoms with E-state index < -0.39 is 0 Å². The predicted molar refractivity (Wildman–Crippen MR) is 84.5 cm³/mol. The minimum atomic E-state index is -0.0817. The highest BCUT2D eigenvalue weighted by atomic mass is 16.1. The standard InChI is InChI=1S/C17H20N2O/c1-4-18-15-10-8-14(9-11-15)17(20)19-16-7-5-6-12(2)13(16)3/h5-11,18H,4H2,1-3H3,(H,19,20). The zero-order valence-corrected chi connectivity index (χ0v) is 12.2. The van der Waals surface area contributed by atoms with Crippen molar-refractivity contribution in [3.63, 3.8) is 0 Å². The van der Waals surface area contributed by atoms with Crippen LogP contribution in [0.4, 0.5) is 11.4 Å². The van der Waals surface area contributed by atoms with Gasteiger partial charge >= 0.3 is 0 Å². The Bertz CT molecular complexity index is 603. The first-order valence-corrected chi connectivity index (χ1v) is 6.83. The first-order chi connectivity index (χ1) is 9.61. The van der Waals surface area contributed by atoms with Crippen LogP contribution < -0.4 is 10.6 Å². The van der Waals surface area contributed by atoms with E-state index in [4.69, 9.17) is 0 Å². The molecule has 3 nitrogen and oxygen atoms in total. The third kappa shape index (κ3) is 3.18. The molecule has 0 aromatic heterocycles. The minimum absolute atomic E-state index is 0.0817. The van der Waals surface area contributed by atoms with Gasteiger partial charge in [0.05, 0.1) is 0 Å². The van der Waals surface area contributed by atoms with Gasteiger partial charge in [-0.25, -0.2) is 0 Å². The van der Waals surface area contributed by atoms with E-state index in [2.05, 4.69) is 10.6 Å². The number of aryl methyl sites for hydroxylation is 1. The monoisotopic (exact) mass is 268 g/mol. The Hall–Kier alpha value is -2.29. The van der Waals surface area contributed by atoms with Crippen molar-refractivity contribution in [3.8, 4) is 0 Å². The molecule has 20 heavy (non-hydrogen) atoms. The summed E-state index contributed by atoms with van der Waals surface area (Å²) in [5.41, 5.74) is 4.82. The molecule has 0 aliphatic rings. The van der Waals surface area contributed by atoms with Crippen LogP contribution >= 0.6 is 0 Å². The number of hydrogen-bond donors (Lipinski definition) is 2. The van der Waals surface area contributed by atoms with Crippen LogP contribution in [0.3, 0.4) is 0 Å². The second-order valence-corrected chi connectivity index (χ2v) is 4.81. The average molecular weight is 268 g/mol. The molecule has 0 aliphatic heterocycles. The molecule has 0 saturated heterocycles. The van der Waals surface area contributed by atoms with Crippen molar-refractivity contribution < 1.29 is 4.79 Å². The van der Waals surface area contributed by atoms with E-state index in [1.54, 1.807) is 0 Å². The lowest BCUT2D eigenvalue weighted by Gasteiger charge is -2.11. The molecule has 0 heterocycles. The number of rotatable bonds is 4. The molecule has 3 heteroatoms. The summed E-state index contributed by atoms with van der Waals surface area (Å²) in [6.45, 7) is 6.96. The highest BCUT2D eigenvalue weighted by Crippen LogP contribution is 2.19. The fourth-order valence-electron chi connectivity index (χ4n) is 2.02. The maximum absolute atomic E-state index is 12.2. The number of amides is 1. The summed E-state index contributed by atoms with van der Waals surface area (Å²) in [5, 5.41) is 6.17. The fourth-order valence-corrected chi connectivity index (χ4v) is 2.02. The molecular weight excluding hydrogens is 248 g/mol. The third-order valence-corrected chi connectivity index (χ3v) is 3.38. The molecule has 0 bridgehead atoms. The molecule has 0 atom stereocenters. The SMILES string of the molecule is CCNc1ccc(C(=O)Nc2cccc(C)c2C)cc1. The first kappa shape index (κ1) is 14.1. The van der Waals surface area contributed by atoms with Crippen molar-refractivity contribution in [1.29, 1.82) is 0 Å². The first-order valence-electron chi connectivity index (χ1n) is 6.83. The number of carbonyl (C=O) groups is 1. The second kappa shape index (κ2) is 6.24. The molecule has 0 fully saturated rings. The van der Waals surface area contributed by atoms with Gasteiger partial charge in [0.25, 0.3) is 5.91 Å². The molecule has 0 saturated carbocycles. The van der Waals surface area contributed by atoms with Crippen molar-refractivity contribution in [2.75, 3.05) is 17.2 Å². The Balaban J connectivity index is 2.13. The highest BCUT2D eigenvalue weighted by Gasteiger charge is 2.08. The van der Waals surface area contributed by atoms with E-state index in [0.717, 1.165) is 23.5 Å². The lowest BCUT2D eigenvalue weighted by atomic mass is 10.1. The number of benzene rings is 2. The maximum atomic E-state index is 12.2. The van der Waals surface area contributed by atoms with Crippen LogP contribution in [-0.4, -0.2) is 12.5 Å². The van der Waals surface area contributed by atoms with Gasteiger partial charge in [-0.05, 0) is 62.2 Å². The van der Waals surface area contributed by atoms with Gasteiger partial charge in [0.2, 0.25) is 0 Å². The summed E-state index contributed by atoms with van der Waals surface area (Å²) in [5.74, 6) is -0.0817. The fraction of sp³-hybridized carbons (Fsp3) is 0.235. The van der Waals surface area contributed by atoms with Gasteiger partial charge in [0.1, 0.15) is 0 Å². The normalized spacial score (nSPS) is 10.2. The molecule has 0 aliphatic carbocycles. The minimum Gasteiger partial charge on any atom is -0.385 e. The summed E-state index contributed by atoms with van der Waals surface area (Å²) in [6.07, 6.45) is 0. The van der Waals surface area contributed by atoms with Gasteiger partial charge in [0, 0.05) is 23.5 Å². The Morgan fingerprint density at radius 2 is 1.75 bits per heavy atom. The molecule has 104 valence electrons. The summed E-state index contributed by atoms with van der Waals surface area (Å²) in [7, 11) is 0. The zero-order chi connectivity index (χ0) is 14.5. The Kier molecular flexibility index (Phi) is 4.41. The van der Waals surface area contributed by atoms with Crippen LogP contribution in [-0.2, 0) is 0 Å². The van der Waals surface area contributed by atoms with Gasteiger partial charge in [-0.1, -0.05) is 12.1 Å². The summed E-state index contributed by atoms with van der Waals surface area (Å²) < 4.78 is 0. The number of anilines is 2. The Morgan fingerprint density at radius 1 is 1.05 bits per heavy atom. The highest BCUT2D eigenvalue weighted by molar-refractivity contribution is 6.04. The smallest absolute Gasteiger partial charge is 0.255 e. The van der Waals surface area contributed by atoms with Crippen LogP contribution in [0.15, 0.2) is 42.5 Å². The average Bonchev–Trinajstić information content (AvgIpc) is 2.45. The van der Waals surface area contributed by atoms with Gasteiger partial charge in [0.15, 0.2) is 0 Å². The lowest BCUT2D eigenvalue weighted by Crippen LogP contribution is -2.13. The summed E-state index contributed by atoms with van der Waals surface area (Å²) >= 11 is 0. The van der Waals surface area contributed by atoms with E-state index in [-0.39, 0.29) is 5.91 Å². The van der Waals surface area contributed by atoms with Crippen LogP contribution in [0.25, 0.3) is 0 Å². The second-order valence-electron chi connectivity index (χ2n) is 4.81. The molecule has 0 radical (unpaired) electrons. The van der Waals surface area contributed by atoms with Crippen LogP contribution in [0.5, 0.6) is 0 Å². The Morgan fingerprint density at radius 3 is 2.40 bits per heavy atom. The molecular formula is C17H20N2O. The van der Waals surface area contributed by atoms with E-state index >= 15 is 0 Å². The molecule has 2 aromatic rings. The molecule has 2 N–H and O–H groups in total. The van der Waals surface area contributed by atoms with Gasteiger partial charge < -0.3 is 10.6 Å². The molecule has 0 unspecified atom stereocenters. The molecule has 2 aromatic carbocycles. The van der Waals surface area contributed by atoms with Crippen molar-refractivity contribution in [2.45, 2.75) is 20.8 Å². The van der Waals surface area contributed by atoms with E-state index in [1.165, 1.54) is 5.56 Å². The predicted octanol–water partition coefficient (Wildman–Crippen LogP) is 3.99. The van der Waals surface area contributed by atoms with Gasteiger partial charge in [-0.3, -0.25) is 4.79 Å². The largest absolute Gasteiger partial charge is 0.385 e. The van der Waals surface area contributed by atoms with E-state index in [1.807, 2.05) is 63.2 Å². The van der Waals surface area contributed by atoms with E-state index in [9.17, 15) is 4.79 Å². The van der Waals surface area contributed by atoms with Crippen molar-refractivity contribution in [2.24, 2.45) is 0 Å². The van der Waals surface area contributed by atoms with Crippen molar-refractivity contribution >= 4 is 17.3 Å². The van der Waals surface area contributed by atoms with Crippen LogP contribution in [0, 0.1) is 13.8 Å². The number of hydrogen-bond acceptors (Lipinski definition) is 2. The zero-order valence-electron chi connectivity index (χ0n) is 12.2. The molecule has 0 spiro atoms. The molecule has 2 rings (SSSR count). The number of carbonyl (C=O) groups excluding carboxylic acids is 1. The van der Waals surface area contributed by atoms with Crippen LogP contribution in [0.2, 0.25) is 0 Å². The maximum Gasteiger partial charge on any atom is 0.255 e. The lowest BCUT2D eigenvalue weighted by molar-refractivity contribution is 0.102. The number of nitrogens with one attached hydrogen (secondary N) is 2.